The van der Waals surface area contributed by atoms with Crippen LogP contribution in [0.4, 0.5) is 10.2 Å². The Kier molecular flexibility index (Phi) is 4.11. The molecule has 1 heterocycles. The van der Waals surface area contributed by atoms with E-state index in [0.717, 1.165) is 0 Å². The molecule has 0 aliphatic heterocycles. The molecular formula is C16H20FN3O. The Hall–Kier alpha value is -2.17. The molecule has 0 saturated heterocycles. The van der Waals surface area contributed by atoms with Crippen LogP contribution < -0.4 is 10.9 Å². The third-order valence-electron chi connectivity index (χ3n) is 3.29. The summed E-state index contributed by atoms with van der Waals surface area (Å²) in [6, 6.07) is 6.15. The van der Waals surface area contributed by atoms with Crippen LogP contribution in [-0.2, 0) is 5.54 Å². The van der Waals surface area contributed by atoms with E-state index in [1.54, 1.807) is 42.1 Å². The Morgan fingerprint density at radius 2 is 1.95 bits per heavy atom. The smallest absolute Gasteiger partial charge is 0.293 e. The predicted molar refractivity (Wildman–Crippen MR) is 81.9 cm³/mol. The number of nitrogens with one attached hydrogen (secondary N) is 1. The topological polar surface area (TPSA) is 46.9 Å². The normalized spacial score (nSPS) is 13.0. The molecule has 0 spiro atoms. The minimum absolute atomic E-state index is 0.215. The number of nitrogens with zero attached hydrogens (tertiary/aromatic N) is 2. The highest BCUT2D eigenvalue weighted by molar-refractivity contribution is 5.36. The van der Waals surface area contributed by atoms with Crippen LogP contribution in [-0.4, -0.2) is 9.55 Å². The van der Waals surface area contributed by atoms with Gasteiger partial charge < -0.3 is 9.88 Å². The Bertz CT molecular complexity index is 688. The maximum absolute atomic E-state index is 13.8. The highest BCUT2D eigenvalue weighted by atomic mass is 19.1. The van der Waals surface area contributed by atoms with Crippen molar-refractivity contribution in [3.63, 3.8) is 0 Å². The van der Waals surface area contributed by atoms with Crippen LogP contribution in [0, 0.1) is 5.82 Å². The van der Waals surface area contributed by atoms with Gasteiger partial charge in [0, 0.05) is 23.5 Å². The van der Waals surface area contributed by atoms with Crippen molar-refractivity contribution in [2.45, 2.75) is 39.3 Å². The van der Waals surface area contributed by atoms with Gasteiger partial charge in [-0.15, -0.1) is 0 Å². The van der Waals surface area contributed by atoms with Crippen molar-refractivity contribution < 1.29 is 4.39 Å². The zero-order valence-corrected chi connectivity index (χ0v) is 12.7. The second-order valence-electron chi connectivity index (χ2n) is 6.01. The predicted octanol–water partition coefficient (Wildman–Crippen LogP) is 3.31. The summed E-state index contributed by atoms with van der Waals surface area (Å²) in [5.74, 6) is -0.0762. The molecule has 1 atom stereocenters. The van der Waals surface area contributed by atoms with Crippen molar-refractivity contribution in [3.8, 4) is 0 Å². The molecule has 0 fully saturated rings. The standard InChI is InChI=1S/C16H20FN3O/c1-11(12-7-5-6-8-13(12)17)19-14-15(21)20(10-9-18-14)16(2,3)4/h5-11H,1-4H3,(H,18,19). The molecule has 1 unspecified atom stereocenters. The summed E-state index contributed by atoms with van der Waals surface area (Å²) in [5, 5.41) is 3.00. The Morgan fingerprint density at radius 3 is 2.57 bits per heavy atom. The summed E-state index contributed by atoms with van der Waals surface area (Å²) < 4.78 is 15.4. The second kappa shape index (κ2) is 5.68. The lowest BCUT2D eigenvalue weighted by Gasteiger charge is -2.23. The fourth-order valence-corrected chi connectivity index (χ4v) is 2.15. The van der Waals surface area contributed by atoms with Crippen molar-refractivity contribution in [2.24, 2.45) is 0 Å². The summed E-state index contributed by atoms with van der Waals surface area (Å²) >= 11 is 0. The molecule has 2 aromatic rings. The van der Waals surface area contributed by atoms with Crippen LogP contribution in [0.5, 0.6) is 0 Å². The van der Waals surface area contributed by atoms with E-state index in [1.807, 2.05) is 20.8 Å². The van der Waals surface area contributed by atoms with Crippen molar-refractivity contribution in [1.82, 2.24) is 9.55 Å². The average Bonchev–Trinajstić information content (AvgIpc) is 2.40. The van der Waals surface area contributed by atoms with E-state index in [4.69, 9.17) is 0 Å². The lowest BCUT2D eigenvalue weighted by Crippen LogP contribution is -2.35. The lowest BCUT2D eigenvalue weighted by molar-refractivity contribution is 0.383. The summed E-state index contributed by atoms with van der Waals surface area (Å²) in [6.07, 6.45) is 3.23. The largest absolute Gasteiger partial charge is 0.359 e. The fraction of sp³-hybridized carbons (Fsp3) is 0.375. The third-order valence-corrected chi connectivity index (χ3v) is 3.29. The zero-order chi connectivity index (χ0) is 15.6. The number of rotatable bonds is 3. The Balaban J connectivity index is 2.33. The summed E-state index contributed by atoms with van der Waals surface area (Å²) in [6.45, 7) is 7.63. The Morgan fingerprint density at radius 1 is 1.29 bits per heavy atom. The SMILES string of the molecule is CC(Nc1nccn(C(C)(C)C)c1=O)c1ccccc1F. The monoisotopic (exact) mass is 289 g/mol. The van der Waals surface area contributed by atoms with Crippen LogP contribution in [0.3, 0.4) is 0 Å². The van der Waals surface area contributed by atoms with Crippen molar-refractivity contribution in [3.05, 3.63) is 58.4 Å². The van der Waals surface area contributed by atoms with Gasteiger partial charge in [0.05, 0.1) is 6.04 Å². The molecule has 1 aromatic heterocycles. The maximum atomic E-state index is 13.8. The van der Waals surface area contributed by atoms with Gasteiger partial charge in [-0.25, -0.2) is 9.37 Å². The summed E-state index contributed by atoms with van der Waals surface area (Å²) in [5.41, 5.74) is -0.0458. The van der Waals surface area contributed by atoms with Gasteiger partial charge in [-0.3, -0.25) is 4.79 Å². The van der Waals surface area contributed by atoms with E-state index in [1.165, 1.54) is 6.07 Å². The zero-order valence-electron chi connectivity index (χ0n) is 12.7. The van der Waals surface area contributed by atoms with Crippen molar-refractivity contribution >= 4 is 5.82 Å². The minimum Gasteiger partial charge on any atom is -0.359 e. The highest BCUT2D eigenvalue weighted by Gasteiger charge is 2.18. The first kappa shape index (κ1) is 15.2. The molecule has 0 amide bonds. The molecule has 1 aromatic carbocycles. The first-order chi connectivity index (χ1) is 9.80. The molecule has 0 aliphatic carbocycles. The molecule has 4 nitrogen and oxygen atoms in total. The quantitative estimate of drug-likeness (QED) is 0.943. The van der Waals surface area contributed by atoms with Gasteiger partial charge in [0.15, 0.2) is 5.82 Å². The van der Waals surface area contributed by atoms with Gasteiger partial charge in [0.1, 0.15) is 5.82 Å². The second-order valence-corrected chi connectivity index (χ2v) is 6.01. The van der Waals surface area contributed by atoms with E-state index in [9.17, 15) is 9.18 Å². The van der Waals surface area contributed by atoms with E-state index in [-0.39, 0.29) is 28.8 Å². The van der Waals surface area contributed by atoms with Gasteiger partial charge in [0.2, 0.25) is 0 Å². The molecule has 0 bridgehead atoms. The minimum atomic E-state index is -0.345. The summed E-state index contributed by atoms with van der Waals surface area (Å²) in [7, 11) is 0. The maximum Gasteiger partial charge on any atom is 0.293 e. The summed E-state index contributed by atoms with van der Waals surface area (Å²) in [4.78, 5) is 16.5. The van der Waals surface area contributed by atoms with Crippen LogP contribution in [0.25, 0.3) is 0 Å². The number of benzene rings is 1. The number of hydrogen-bond donors (Lipinski definition) is 1. The lowest BCUT2D eigenvalue weighted by atomic mass is 10.1. The Labute approximate surface area is 123 Å². The highest BCUT2D eigenvalue weighted by Crippen LogP contribution is 2.19. The molecule has 1 N–H and O–H groups in total. The molecule has 2 rings (SSSR count). The molecule has 5 heteroatoms. The molecular weight excluding hydrogens is 269 g/mol. The van der Waals surface area contributed by atoms with E-state index < -0.39 is 0 Å². The third kappa shape index (κ3) is 3.29. The van der Waals surface area contributed by atoms with Crippen LogP contribution in [0.1, 0.15) is 39.3 Å². The van der Waals surface area contributed by atoms with E-state index >= 15 is 0 Å². The average molecular weight is 289 g/mol. The van der Waals surface area contributed by atoms with Crippen molar-refractivity contribution in [1.29, 1.82) is 0 Å². The van der Waals surface area contributed by atoms with Gasteiger partial charge in [-0.1, -0.05) is 18.2 Å². The first-order valence-corrected chi connectivity index (χ1v) is 6.90. The number of aromatic nitrogens is 2. The van der Waals surface area contributed by atoms with Crippen LogP contribution >= 0.6 is 0 Å². The molecule has 0 radical (unpaired) electrons. The number of hydrogen-bond acceptors (Lipinski definition) is 3. The van der Waals surface area contributed by atoms with E-state index in [0.29, 0.717) is 5.56 Å². The molecule has 0 aliphatic rings. The van der Waals surface area contributed by atoms with Crippen molar-refractivity contribution in [2.75, 3.05) is 5.32 Å². The fourth-order valence-electron chi connectivity index (χ4n) is 2.15. The number of halogens is 1. The van der Waals surface area contributed by atoms with Crippen LogP contribution in [0.15, 0.2) is 41.5 Å². The molecule has 112 valence electrons. The van der Waals surface area contributed by atoms with E-state index in [2.05, 4.69) is 10.3 Å². The van der Waals surface area contributed by atoms with Gasteiger partial charge >= 0.3 is 0 Å². The van der Waals surface area contributed by atoms with Gasteiger partial charge in [0.25, 0.3) is 5.56 Å². The molecule has 21 heavy (non-hydrogen) atoms. The van der Waals surface area contributed by atoms with Gasteiger partial charge in [-0.05, 0) is 33.8 Å². The molecule has 0 saturated carbocycles. The van der Waals surface area contributed by atoms with Gasteiger partial charge in [-0.2, -0.15) is 0 Å². The number of anilines is 1. The first-order valence-electron chi connectivity index (χ1n) is 6.90. The van der Waals surface area contributed by atoms with Crippen LogP contribution in [0.2, 0.25) is 0 Å².